The van der Waals surface area contributed by atoms with Crippen molar-refractivity contribution in [1.82, 2.24) is 15.3 Å². The first-order valence-corrected chi connectivity index (χ1v) is 6.09. The van der Waals surface area contributed by atoms with Crippen LogP contribution in [0.4, 0.5) is 8.78 Å². The van der Waals surface area contributed by atoms with E-state index in [1.54, 1.807) is 19.2 Å². The highest BCUT2D eigenvalue weighted by atomic mass is 19.1. The summed E-state index contributed by atoms with van der Waals surface area (Å²) >= 11 is 0. The summed E-state index contributed by atoms with van der Waals surface area (Å²) in [5.41, 5.74) is 0.953. The molecule has 0 aliphatic rings. The summed E-state index contributed by atoms with van der Waals surface area (Å²) in [5, 5.41) is 3.05. The molecule has 0 aliphatic carbocycles. The molecule has 0 saturated carbocycles. The van der Waals surface area contributed by atoms with Crippen molar-refractivity contribution < 1.29 is 8.78 Å². The van der Waals surface area contributed by atoms with Crippen molar-refractivity contribution in [2.75, 3.05) is 6.54 Å². The first-order valence-electron chi connectivity index (χ1n) is 6.09. The summed E-state index contributed by atoms with van der Waals surface area (Å²) in [4.78, 5) is 7.90. The number of hydrogen-bond acceptors (Lipinski definition) is 3. The predicted molar refractivity (Wildman–Crippen MR) is 68.6 cm³/mol. The van der Waals surface area contributed by atoms with Crippen LogP contribution >= 0.6 is 0 Å². The van der Waals surface area contributed by atoms with Crippen LogP contribution in [0, 0.1) is 18.6 Å². The number of aryl methyl sites for hydroxylation is 1. The monoisotopic (exact) mass is 263 g/mol. The van der Waals surface area contributed by atoms with Crippen molar-refractivity contribution in [3.05, 3.63) is 59.2 Å². The normalized spacial score (nSPS) is 12.4. The fraction of sp³-hybridized carbons (Fsp3) is 0.286. The Balaban J connectivity index is 2.54. The maximum absolute atomic E-state index is 14.2. The highest BCUT2D eigenvalue weighted by molar-refractivity contribution is 5.33. The zero-order valence-corrected chi connectivity index (χ0v) is 10.8. The number of aromatic nitrogens is 2. The van der Waals surface area contributed by atoms with Crippen molar-refractivity contribution in [2.45, 2.75) is 19.9 Å². The fourth-order valence-electron chi connectivity index (χ4n) is 1.97. The lowest BCUT2D eigenvalue weighted by molar-refractivity contribution is 0.501. The molecule has 0 aliphatic heterocycles. The summed E-state index contributed by atoms with van der Waals surface area (Å²) in [6, 6.07) is 3.73. The van der Waals surface area contributed by atoms with E-state index in [9.17, 15) is 8.78 Å². The van der Waals surface area contributed by atoms with E-state index in [1.807, 2.05) is 6.92 Å². The van der Waals surface area contributed by atoms with Crippen LogP contribution in [-0.4, -0.2) is 16.5 Å². The quantitative estimate of drug-likeness (QED) is 0.921. The van der Waals surface area contributed by atoms with Gasteiger partial charge >= 0.3 is 0 Å². The molecule has 5 heteroatoms. The fourth-order valence-corrected chi connectivity index (χ4v) is 1.97. The van der Waals surface area contributed by atoms with Crippen LogP contribution in [-0.2, 0) is 0 Å². The average molecular weight is 263 g/mol. The second-order valence-corrected chi connectivity index (χ2v) is 4.22. The molecule has 1 aromatic heterocycles. The molecular formula is C14H15F2N3. The molecule has 1 heterocycles. The van der Waals surface area contributed by atoms with E-state index in [-0.39, 0.29) is 5.56 Å². The number of rotatable bonds is 4. The van der Waals surface area contributed by atoms with Gasteiger partial charge in [0.1, 0.15) is 18.0 Å². The summed E-state index contributed by atoms with van der Waals surface area (Å²) < 4.78 is 28.2. The van der Waals surface area contributed by atoms with Gasteiger partial charge < -0.3 is 5.32 Å². The maximum Gasteiger partial charge on any atom is 0.134 e. The molecule has 1 atom stereocenters. The van der Waals surface area contributed by atoms with Crippen LogP contribution in [0.15, 0.2) is 30.7 Å². The highest BCUT2D eigenvalue weighted by Crippen LogP contribution is 2.27. The van der Waals surface area contributed by atoms with Gasteiger partial charge in [-0.25, -0.2) is 18.7 Å². The van der Waals surface area contributed by atoms with Crippen molar-refractivity contribution in [3.8, 4) is 0 Å². The van der Waals surface area contributed by atoms with E-state index in [0.29, 0.717) is 17.8 Å². The van der Waals surface area contributed by atoms with E-state index in [2.05, 4.69) is 15.3 Å². The molecule has 0 spiro atoms. The molecule has 100 valence electrons. The molecule has 0 radical (unpaired) electrons. The molecule has 2 rings (SSSR count). The van der Waals surface area contributed by atoms with Gasteiger partial charge in [0.05, 0.1) is 11.7 Å². The van der Waals surface area contributed by atoms with Gasteiger partial charge in [0.25, 0.3) is 0 Å². The van der Waals surface area contributed by atoms with E-state index in [4.69, 9.17) is 0 Å². The van der Waals surface area contributed by atoms with E-state index < -0.39 is 17.7 Å². The lowest BCUT2D eigenvalue weighted by Crippen LogP contribution is -2.25. The molecule has 1 N–H and O–H groups in total. The topological polar surface area (TPSA) is 37.8 Å². The van der Waals surface area contributed by atoms with E-state index in [1.165, 1.54) is 18.5 Å². The van der Waals surface area contributed by atoms with E-state index in [0.717, 1.165) is 0 Å². The van der Waals surface area contributed by atoms with Crippen molar-refractivity contribution in [3.63, 3.8) is 0 Å². The van der Waals surface area contributed by atoms with Gasteiger partial charge in [-0.3, -0.25) is 0 Å². The summed E-state index contributed by atoms with van der Waals surface area (Å²) in [7, 11) is 0. The predicted octanol–water partition coefficient (Wildman–Crippen LogP) is 2.76. The minimum absolute atomic E-state index is 0.000509. The number of nitrogens with one attached hydrogen (secondary N) is 1. The first-order chi connectivity index (χ1) is 9.15. The largest absolute Gasteiger partial charge is 0.305 e. The molecule has 0 saturated heterocycles. The molecule has 2 aromatic rings. The van der Waals surface area contributed by atoms with E-state index >= 15 is 0 Å². The molecule has 3 nitrogen and oxygen atoms in total. The zero-order valence-electron chi connectivity index (χ0n) is 10.8. The Morgan fingerprint density at radius 1 is 1.26 bits per heavy atom. The van der Waals surface area contributed by atoms with Gasteiger partial charge in [0.2, 0.25) is 0 Å². The Labute approximate surface area is 110 Å². The van der Waals surface area contributed by atoms with Gasteiger partial charge in [0.15, 0.2) is 0 Å². The third-order valence-corrected chi connectivity index (χ3v) is 2.92. The number of halogens is 2. The lowest BCUT2D eigenvalue weighted by atomic mass is 9.99. The Kier molecular flexibility index (Phi) is 4.16. The second-order valence-electron chi connectivity index (χ2n) is 4.22. The van der Waals surface area contributed by atoms with Crippen LogP contribution in [0.5, 0.6) is 0 Å². The van der Waals surface area contributed by atoms with Crippen molar-refractivity contribution in [2.24, 2.45) is 0 Å². The first kappa shape index (κ1) is 13.5. The van der Waals surface area contributed by atoms with Crippen LogP contribution in [0.1, 0.15) is 29.8 Å². The number of nitrogens with zero attached hydrogens (tertiary/aromatic N) is 2. The Hall–Kier alpha value is -1.88. The molecule has 19 heavy (non-hydrogen) atoms. The van der Waals surface area contributed by atoms with Crippen molar-refractivity contribution in [1.29, 1.82) is 0 Å². The van der Waals surface area contributed by atoms with Gasteiger partial charge in [-0.2, -0.15) is 0 Å². The van der Waals surface area contributed by atoms with Crippen LogP contribution in [0.2, 0.25) is 0 Å². The molecule has 0 amide bonds. The summed E-state index contributed by atoms with van der Waals surface area (Å²) in [6.07, 6.45) is 2.92. The van der Waals surface area contributed by atoms with Gasteiger partial charge in [0, 0.05) is 11.8 Å². The molecule has 1 aromatic carbocycles. The number of hydrogen-bond donors (Lipinski definition) is 1. The Bertz CT molecular complexity index is 558. The Morgan fingerprint density at radius 3 is 2.68 bits per heavy atom. The minimum Gasteiger partial charge on any atom is -0.305 e. The Morgan fingerprint density at radius 2 is 2.05 bits per heavy atom. The van der Waals surface area contributed by atoms with Crippen molar-refractivity contribution >= 4 is 0 Å². The SMILES string of the molecule is CCNC(c1ccncn1)c1c(F)ccc(C)c1F. The van der Waals surface area contributed by atoms with Crippen LogP contribution in [0.25, 0.3) is 0 Å². The zero-order chi connectivity index (χ0) is 13.8. The summed E-state index contributed by atoms with van der Waals surface area (Å²) in [5.74, 6) is -1.11. The highest BCUT2D eigenvalue weighted by Gasteiger charge is 2.23. The minimum atomic E-state index is -0.618. The number of benzene rings is 1. The van der Waals surface area contributed by atoms with Crippen LogP contribution in [0.3, 0.4) is 0 Å². The van der Waals surface area contributed by atoms with Gasteiger partial charge in [-0.05, 0) is 31.2 Å². The third kappa shape index (κ3) is 2.76. The molecule has 1 unspecified atom stereocenters. The molecule has 0 fully saturated rings. The third-order valence-electron chi connectivity index (χ3n) is 2.92. The molecular weight excluding hydrogens is 248 g/mol. The average Bonchev–Trinajstić information content (AvgIpc) is 2.43. The smallest absolute Gasteiger partial charge is 0.134 e. The van der Waals surface area contributed by atoms with Gasteiger partial charge in [-0.15, -0.1) is 0 Å². The second kappa shape index (κ2) is 5.84. The maximum atomic E-state index is 14.2. The van der Waals surface area contributed by atoms with Gasteiger partial charge in [-0.1, -0.05) is 13.0 Å². The lowest BCUT2D eigenvalue weighted by Gasteiger charge is -2.19. The standard InChI is InChI=1S/C14H15F2N3/c1-3-18-14(11-6-7-17-8-19-11)12-10(15)5-4-9(2)13(12)16/h4-8,14,18H,3H2,1-2H3. The molecule has 0 bridgehead atoms. The summed E-state index contributed by atoms with van der Waals surface area (Å²) in [6.45, 7) is 4.06. The van der Waals surface area contributed by atoms with Crippen LogP contribution < -0.4 is 5.32 Å².